The Bertz CT molecular complexity index is 2560. The Balaban J connectivity index is 1.31. The Morgan fingerprint density at radius 3 is 1.26 bits per heavy atom. The molecule has 0 radical (unpaired) electrons. The lowest BCUT2D eigenvalue weighted by Gasteiger charge is -2.11. The van der Waals surface area contributed by atoms with Crippen molar-refractivity contribution >= 4 is 76.7 Å². The molecule has 0 saturated carbocycles. The molecule has 6 nitrogen and oxygen atoms in total. The van der Waals surface area contributed by atoms with Crippen LogP contribution in [0.1, 0.15) is 0 Å². The maximum absolute atomic E-state index is 5.08. The molecule has 10 rings (SSSR count). The van der Waals surface area contributed by atoms with Crippen LogP contribution in [0.25, 0.3) is 88.1 Å². The monoisotopic (exact) mass is 536 g/mol. The van der Waals surface area contributed by atoms with Gasteiger partial charge in [-0.1, -0.05) is 60.7 Å². The van der Waals surface area contributed by atoms with Crippen molar-refractivity contribution in [3.05, 3.63) is 122 Å². The summed E-state index contributed by atoms with van der Waals surface area (Å²) in [6.45, 7) is 0. The second kappa shape index (κ2) is 7.86. The van der Waals surface area contributed by atoms with Gasteiger partial charge >= 0.3 is 0 Å². The fourth-order valence-electron chi connectivity index (χ4n) is 6.68. The molecule has 4 aromatic carbocycles. The van der Waals surface area contributed by atoms with E-state index in [2.05, 4.69) is 106 Å². The normalized spacial score (nSPS) is 12.3. The molecule has 0 aliphatic carbocycles. The number of hydrogen-bond acceptors (Lipinski definition) is 4. The predicted molar refractivity (Wildman–Crippen MR) is 170 cm³/mol. The van der Waals surface area contributed by atoms with Crippen LogP contribution in [0, 0.1) is 0 Å². The molecule has 0 aliphatic heterocycles. The van der Waals surface area contributed by atoms with Crippen LogP contribution in [-0.4, -0.2) is 28.7 Å². The van der Waals surface area contributed by atoms with E-state index in [-0.39, 0.29) is 0 Å². The van der Waals surface area contributed by atoms with Crippen molar-refractivity contribution in [3.63, 3.8) is 0 Å². The van der Waals surface area contributed by atoms with Crippen molar-refractivity contribution in [2.24, 2.45) is 0 Å². The van der Waals surface area contributed by atoms with Gasteiger partial charge in [0.2, 0.25) is 0 Å². The molecule has 0 atom stereocenters. The minimum Gasteiger partial charge on any atom is -0.292 e. The molecule has 0 fully saturated rings. The maximum atomic E-state index is 5.08. The number of pyridine rings is 4. The van der Waals surface area contributed by atoms with Crippen LogP contribution in [0.5, 0.6) is 0 Å². The van der Waals surface area contributed by atoms with Gasteiger partial charge in [-0.05, 0) is 48.5 Å². The van der Waals surface area contributed by atoms with E-state index in [9.17, 15) is 0 Å². The smallest absolute Gasteiger partial charge is 0.146 e. The highest BCUT2D eigenvalue weighted by Crippen LogP contribution is 2.36. The second-order valence-electron chi connectivity index (χ2n) is 10.8. The van der Waals surface area contributed by atoms with E-state index >= 15 is 0 Å². The van der Waals surface area contributed by atoms with Crippen LogP contribution in [0.2, 0.25) is 0 Å². The second-order valence-corrected chi connectivity index (χ2v) is 10.8. The third kappa shape index (κ3) is 2.78. The van der Waals surface area contributed by atoms with Crippen LogP contribution in [0.3, 0.4) is 0 Å². The standard InChI is InChI=1S/C36H20N6/c1-5-13-31-21(9-1)25-19-37-29(17-23(25)35-39-27-11-3-7-15-33(27)41(31)35)30-18-24-26(20-38-30)22-10-2-6-14-32(22)42-34-16-8-4-12-28(34)40-36(24)42/h1-20H. The van der Waals surface area contributed by atoms with Crippen LogP contribution < -0.4 is 0 Å². The van der Waals surface area contributed by atoms with E-state index in [0.29, 0.717) is 0 Å². The summed E-state index contributed by atoms with van der Waals surface area (Å²) in [6.07, 6.45) is 3.94. The Morgan fingerprint density at radius 2 is 0.786 bits per heavy atom. The predicted octanol–water partition coefficient (Wildman–Crippen LogP) is 8.36. The minimum absolute atomic E-state index is 0.802. The quantitative estimate of drug-likeness (QED) is 0.198. The fraction of sp³-hybridized carbons (Fsp3) is 0. The number of aromatic nitrogens is 6. The molecule has 194 valence electrons. The molecule has 6 heteroatoms. The lowest BCUT2D eigenvalue weighted by atomic mass is 10.0. The first-order valence-corrected chi connectivity index (χ1v) is 14.0. The van der Waals surface area contributed by atoms with Crippen LogP contribution >= 0.6 is 0 Å². The lowest BCUT2D eigenvalue weighted by molar-refractivity contribution is 1.26. The molecule has 0 unspecified atom stereocenters. The summed E-state index contributed by atoms with van der Waals surface area (Å²) in [5, 5.41) is 6.53. The highest BCUT2D eigenvalue weighted by atomic mass is 15.0. The molecule has 6 heterocycles. The van der Waals surface area contributed by atoms with E-state index < -0.39 is 0 Å². The van der Waals surface area contributed by atoms with Gasteiger partial charge in [0.05, 0.1) is 44.5 Å². The lowest BCUT2D eigenvalue weighted by Crippen LogP contribution is -1.95. The molecule has 42 heavy (non-hydrogen) atoms. The summed E-state index contributed by atoms with van der Waals surface area (Å²) in [7, 11) is 0. The van der Waals surface area contributed by atoms with Crippen molar-refractivity contribution < 1.29 is 0 Å². The molecule has 10 aromatic rings. The summed E-state index contributed by atoms with van der Waals surface area (Å²) in [5.74, 6) is 0. The first-order valence-electron chi connectivity index (χ1n) is 14.0. The zero-order chi connectivity index (χ0) is 27.4. The van der Waals surface area contributed by atoms with Gasteiger partial charge in [0.25, 0.3) is 0 Å². The minimum atomic E-state index is 0.802. The number of para-hydroxylation sites is 6. The van der Waals surface area contributed by atoms with Crippen LogP contribution in [0.4, 0.5) is 0 Å². The number of imidazole rings is 2. The Labute approximate surface area is 238 Å². The third-order valence-corrected chi connectivity index (χ3v) is 8.54. The molecule has 0 N–H and O–H groups in total. The molecular formula is C36H20N6. The first-order chi connectivity index (χ1) is 20.8. The van der Waals surface area contributed by atoms with Crippen molar-refractivity contribution in [1.29, 1.82) is 0 Å². The first kappa shape index (κ1) is 21.9. The summed E-state index contributed by atoms with van der Waals surface area (Å²) in [4.78, 5) is 20.1. The van der Waals surface area contributed by atoms with Crippen LogP contribution in [-0.2, 0) is 0 Å². The maximum Gasteiger partial charge on any atom is 0.146 e. The summed E-state index contributed by atoms with van der Waals surface area (Å²) in [5.41, 5.74) is 9.80. The molecule has 0 amide bonds. The van der Waals surface area contributed by atoms with Gasteiger partial charge in [0, 0.05) is 44.7 Å². The number of hydrogen-bond donors (Lipinski definition) is 0. The van der Waals surface area contributed by atoms with Crippen molar-refractivity contribution in [2.75, 3.05) is 0 Å². The van der Waals surface area contributed by atoms with Crippen molar-refractivity contribution in [1.82, 2.24) is 28.7 Å². The molecule has 0 saturated heterocycles. The highest BCUT2D eigenvalue weighted by Gasteiger charge is 2.17. The van der Waals surface area contributed by atoms with Gasteiger partial charge in [-0.15, -0.1) is 0 Å². The fourth-order valence-corrected chi connectivity index (χ4v) is 6.68. The summed E-state index contributed by atoms with van der Waals surface area (Å²) >= 11 is 0. The van der Waals surface area contributed by atoms with Gasteiger partial charge in [0.15, 0.2) is 0 Å². The van der Waals surface area contributed by atoms with Crippen molar-refractivity contribution in [2.45, 2.75) is 0 Å². The van der Waals surface area contributed by atoms with Gasteiger partial charge in [-0.25, -0.2) is 9.97 Å². The highest BCUT2D eigenvalue weighted by molar-refractivity contribution is 6.16. The Morgan fingerprint density at radius 1 is 0.381 bits per heavy atom. The number of nitrogens with zero attached hydrogens (tertiary/aromatic N) is 6. The van der Waals surface area contributed by atoms with Gasteiger partial charge in [-0.3, -0.25) is 18.8 Å². The Hall–Kier alpha value is -5.88. The van der Waals surface area contributed by atoms with Gasteiger partial charge < -0.3 is 0 Å². The molecule has 0 aliphatic rings. The van der Waals surface area contributed by atoms with E-state index in [1.165, 1.54) is 0 Å². The third-order valence-electron chi connectivity index (χ3n) is 8.54. The van der Waals surface area contributed by atoms with Crippen LogP contribution in [0.15, 0.2) is 122 Å². The van der Waals surface area contributed by atoms with Crippen molar-refractivity contribution in [3.8, 4) is 11.4 Å². The van der Waals surface area contributed by atoms with Gasteiger partial charge in [-0.2, -0.15) is 0 Å². The topological polar surface area (TPSA) is 60.4 Å². The molecule has 6 aromatic heterocycles. The van der Waals surface area contributed by atoms with E-state index in [1.54, 1.807) is 0 Å². The average molecular weight is 537 g/mol. The zero-order valence-electron chi connectivity index (χ0n) is 22.2. The average Bonchev–Trinajstić information content (AvgIpc) is 3.65. The van der Waals surface area contributed by atoms with E-state index in [1.807, 2.05) is 24.5 Å². The number of benzene rings is 4. The Kier molecular flexibility index (Phi) is 4.10. The summed E-state index contributed by atoms with van der Waals surface area (Å²) < 4.78 is 4.52. The SMILES string of the molecule is c1ccc2c(c1)nc1c3cc(-c4cc5c(cn4)c4ccccc4n4c6ccccc6nc54)ncc3c3ccccc3n21. The number of fused-ring (bicyclic) bond motifs is 16. The van der Waals surface area contributed by atoms with E-state index in [0.717, 1.165) is 88.1 Å². The summed E-state index contributed by atoms with van der Waals surface area (Å²) in [6, 6.07) is 37.8. The molecule has 0 bridgehead atoms. The molecule has 0 spiro atoms. The largest absolute Gasteiger partial charge is 0.292 e. The zero-order valence-corrected chi connectivity index (χ0v) is 22.2. The number of rotatable bonds is 1. The van der Waals surface area contributed by atoms with E-state index in [4.69, 9.17) is 19.9 Å². The molecular weight excluding hydrogens is 516 g/mol. The van der Waals surface area contributed by atoms with Gasteiger partial charge in [0.1, 0.15) is 11.3 Å².